The molecule has 0 heterocycles. The molecule has 94 valence electrons. The number of aromatic hydroxyl groups is 1. The Balaban J connectivity index is -0.000000164. The van der Waals surface area contributed by atoms with Crippen LogP contribution in [0.3, 0.4) is 0 Å². The minimum absolute atomic E-state index is 0. The van der Waals surface area contributed by atoms with Gasteiger partial charge in [-0.15, -0.1) is 0 Å². The summed E-state index contributed by atoms with van der Waals surface area (Å²) in [6, 6.07) is 6.34. The molecule has 10 heteroatoms. The molecule has 0 saturated heterocycles. The summed E-state index contributed by atoms with van der Waals surface area (Å²) < 4.78 is 4.86. The van der Waals surface area contributed by atoms with E-state index in [2.05, 4.69) is 0 Å². The number of para-hydroxylation sites is 1. The predicted octanol–water partition coefficient (Wildman–Crippen LogP) is -11.0. The molecule has 1 aromatic carbocycles. The van der Waals surface area contributed by atoms with E-state index in [1.165, 1.54) is 12.1 Å². The molecule has 6 nitrogen and oxygen atoms in total. The maximum Gasteiger partial charge on any atom is 1.00 e. The number of ether oxygens (including phenoxy) is 1. The smallest absolute Gasteiger partial charge is 0.907 e. The van der Waals surface area contributed by atoms with Crippen molar-refractivity contribution in [3.05, 3.63) is 29.8 Å². The summed E-state index contributed by atoms with van der Waals surface area (Å²) in [5.41, 5.74) is 0.218. The van der Waals surface area contributed by atoms with Gasteiger partial charge in [0.05, 0.1) is 6.61 Å². The molecular formula is C10H12BNa3O6. The van der Waals surface area contributed by atoms with Gasteiger partial charge >= 0.3 is 94.6 Å². The average molecular weight is 308 g/mol. The van der Waals surface area contributed by atoms with Crippen LogP contribution in [-0.4, -0.2) is 25.0 Å². The first-order chi connectivity index (χ1) is 7.99. The van der Waals surface area contributed by atoms with Gasteiger partial charge in [-0.05, 0) is 18.6 Å². The first-order valence-corrected chi connectivity index (χ1v) is 4.91. The van der Waals surface area contributed by atoms with Crippen molar-refractivity contribution in [1.82, 2.24) is 0 Å². The van der Waals surface area contributed by atoms with Crippen molar-refractivity contribution in [2.75, 3.05) is 6.61 Å². The molecule has 0 radical (unpaired) electrons. The summed E-state index contributed by atoms with van der Waals surface area (Å²) in [4.78, 5) is 11.2. The Morgan fingerprint density at radius 3 is 2.05 bits per heavy atom. The second kappa shape index (κ2) is 18.5. The summed E-state index contributed by atoms with van der Waals surface area (Å²) in [6.07, 6.45) is 0.777. The maximum atomic E-state index is 11.2. The fraction of sp³-hybridized carbons (Fsp3) is 0.300. The van der Waals surface area contributed by atoms with Gasteiger partial charge in [0, 0.05) is 0 Å². The van der Waals surface area contributed by atoms with Crippen molar-refractivity contribution in [3.63, 3.8) is 0 Å². The number of phenols is 1. The quantitative estimate of drug-likeness (QED) is 0.438. The molecule has 1 rings (SSSR count). The largest absolute Gasteiger partial charge is 1.00 e. The summed E-state index contributed by atoms with van der Waals surface area (Å²) in [5, 5.41) is 34.5. The van der Waals surface area contributed by atoms with Gasteiger partial charge in [-0.25, -0.2) is 4.79 Å². The molecule has 0 aliphatic rings. The van der Waals surface area contributed by atoms with Gasteiger partial charge in [0.25, 0.3) is 0 Å². The van der Waals surface area contributed by atoms with Crippen LogP contribution in [0, 0.1) is 0 Å². The van der Waals surface area contributed by atoms with E-state index in [-0.39, 0.29) is 100.0 Å². The van der Waals surface area contributed by atoms with Crippen molar-refractivity contribution in [3.8, 4) is 5.75 Å². The molecule has 0 atom stereocenters. The summed E-state index contributed by atoms with van der Waals surface area (Å²) in [5.74, 6) is -0.511. The number of carbonyl (C=O) groups is 1. The zero-order chi connectivity index (χ0) is 13.3. The fourth-order valence-corrected chi connectivity index (χ4v) is 0.919. The molecule has 0 aliphatic heterocycles. The number of carbonyl (C=O) groups excluding carboxylic acids is 1. The Morgan fingerprint density at radius 2 is 1.65 bits per heavy atom. The number of phenolic OH excluding ortho intramolecular Hbond substituents is 1. The van der Waals surface area contributed by atoms with Crippen molar-refractivity contribution in [2.24, 2.45) is 0 Å². The number of hydrogen-bond donors (Lipinski definition) is 1. The first kappa shape index (κ1) is 29.4. The number of hydrogen-bond acceptors (Lipinski definition) is 6. The average Bonchev–Trinajstić information content (AvgIpc) is 2.26. The van der Waals surface area contributed by atoms with Crippen LogP contribution in [-0.2, 0) is 4.74 Å². The van der Waals surface area contributed by atoms with Crippen LogP contribution in [0.5, 0.6) is 5.75 Å². The molecular weight excluding hydrogens is 296 g/mol. The van der Waals surface area contributed by atoms with Crippen LogP contribution < -0.4 is 104 Å². The molecule has 1 N–H and O–H groups in total. The van der Waals surface area contributed by atoms with E-state index in [0.717, 1.165) is 6.42 Å². The second-order valence-corrected chi connectivity index (χ2v) is 2.94. The van der Waals surface area contributed by atoms with E-state index in [4.69, 9.17) is 19.8 Å². The van der Waals surface area contributed by atoms with E-state index < -0.39 is 13.3 Å². The topological polar surface area (TPSA) is 116 Å². The van der Waals surface area contributed by atoms with Crippen LogP contribution in [0.1, 0.15) is 23.7 Å². The molecule has 0 bridgehead atoms. The minimum Gasteiger partial charge on any atom is -0.907 e. The second-order valence-electron chi connectivity index (χ2n) is 2.94. The number of esters is 1. The van der Waals surface area contributed by atoms with E-state index in [1.807, 2.05) is 6.92 Å². The SMILES string of the molecule is CCCOC(=O)c1ccccc1O.[Na+].[Na+].[Na+].[O-]B([O-])[O-]. The molecule has 0 fully saturated rings. The molecule has 0 aromatic heterocycles. The minimum atomic E-state index is -2.92. The zero-order valence-electron chi connectivity index (χ0n) is 12.3. The van der Waals surface area contributed by atoms with Crippen LogP contribution in [0.15, 0.2) is 24.3 Å². The molecule has 20 heavy (non-hydrogen) atoms. The summed E-state index contributed by atoms with van der Waals surface area (Å²) in [7, 11) is -2.92. The fourth-order valence-electron chi connectivity index (χ4n) is 0.919. The van der Waals surface area contributed by atoms with Crippen molar-refractivity contribution in [2.45, 2.75) is 13.3 Å². The zero-order valence-corrected chi connectivity index (χ0v) is 18.3. The standard InChI is InChI=1S/C10H12O3.BO3.3Na/c1-2-7-13-10(12)8-5-3-4-6-9(8)11;2-1(3)4;;;/h3-6,11H,2,7H2,1H3;;;;/q;-3;3*+1. The van der Waals surface area contributed by atoms with Crippen molar-refractivity contribution >= 4 is 13.3 Å². The van der Waals surface area contributed by atoms with Crippen LogP contribution in [0.25, 0.3) is 0 Å². The third-order valence-corrected chi connectivity index (χ3v) is 1.56. The monoisotopic (exact) mass is 308 g/mol. The first-order valence-electron chi connectivity index (χ1n) is 4.91. The van der Waals surface area contributed by atoms with Gasteiger partial charge in [0.2, 0.25) is 0 Å². The molecule has 0 saturated carbocycles. The van der Waals surface area contributed by atoms with E-state index in [1.54, 1.807) is 12.1 Å². The maximum absolute atomic E-state index is 11.2. The molecule has 0 aliphatic carbocycles. The third kappa shape index (κ3) is 15.8. The van der Waals surface area contributed by atoms with Gasteiger partial charge in [0.1, 0.15) is 11.3 Å². The molecule has 0 spiro atoms. The number of benzene rings is 1. The number of rotatable bonds is 3. The normalized spacial score (nSPS) is 7.60. The Bertz CT molecular complexity index is 351. The van der Waals surface area contributed by atoms with Gasteiger partial charge in [-0.2, -0.15) is 0 Å². The van der Waals surface area contributed by atoms with E-state index in [0.29, 0.717) is 6.61 Å². The Morgan fingerprint density at radius 1 is 1.20 bits per heavy atom. The predicted molar refractivity (Wildman–Crippen MR) is 54.4 cm³/mol. The molecule has 0 unspecified atom stereocenters. The van der Waals surface area contributed by atoms with Gasteiger partial charge in [-0.3, -0.25) is 7.32 Å². The van der Waals surface area contributed by atoms with Crippen LogP contribution in [0.4, 0.5) is 0 Å². The van der Waals surface area contributed by atoms with Crippen LogP contribution in [0.2, 0.25) is 0 Å². The Labute approximate surface area is 185 Å². The van der Waals surface area contributed by atoms with Crippen molar-refractivity contribution in [1.29, 1.82) is 0 Å². The Kier molecular flexibility index (Phi) is 27.2. The van der Waals surface area contributed by atoms with Gasteiger partial charge in [0.15, 0.2) is 0 Å². The van der Waals surface area contributed by atoms with E-state index in [9.17, 15) is 9.90 Å². The summed E-state index contributed by atoms with van der Waals surface area (Å²) in [6.45, 7) is 2.30. The van der Waals surface area contributed by atoms with Crippen LogP contribution >= 0.6 is 0 Å². The van der Waals surface area contributed by atoms with Gasteiger partial charge < -0.3 is 24.9 Å². The molecule has 1 aromatic rings. The Hall–Kier alpha value is 1.43. The summed E-state index contributed by atoms with van der Waals surface area (Å²) >= 11 is 0. The van der Waals surface area contributed by atoms with Gasteiger partial charge in [-0.1, -0.05) is 19.1 Å². The van der Waals surface area contributed by atoms with Crippen molar-refractivity contribution < 1.29 is 118 Å². The third-order valence-electron chi connectivity index (χ3n) is 1.56. The molecule has 0 amide bonds. The van der Waals surface area contributed by atoms with E-state index >= 15 is 0 Å².